The zero-order valence-corrected chi connectivity index (χ0v) is 13.1. The monoisotopic (exact) mass is 327 g/mol. The minimum atomic E-state index is -2.86. The van der Waals surface area contributed by atoms with Crippen LogP contribution in [0.15, 0.2) is 35.5 Å². The number of aryl methyl sites for hydroxylation is 1. The number of rotatable bonds is 3. The van der Waals surface area contributed by atoms with Crippen molar-refractivity contribution in [3.8, 4) is 11.4 Å². The van der Waals surface area contributed by atoms with Crippen molar-refractivity contribution in [2.75, 3.05) is 14.1 Å². The SMILES string of the molecule is Cc1cn(-c2ccc(OC(F)F)cc2)/c(=N/C(=O)N(C)C)s1. The zero-order chi connectivity index (χ0) is 16.3. The summed E-state index contributed by atoms with van der Waals surface area (Å²) in [6, 6.07) is 5.78. The van der Waals surface area contributed by atoms with Crippen molar-refractivity contribution in [2.24, 2.45) is 4.99 Å². The minimum Gasteiger partial charge on any atom is -0.435 e. The second-order valence-corrected chi connectivity index (χ2v) is 5.87. The maximum absolute atomic E-state index is 12.1. The van der Waals surface area contributed by atoms with Gasteiger partial charge in [0.15, 0.2) is 4.80 Å². The predicted molar refractivity (Wildman–Crippen MR) is 79.7 cm³/mol. The predicted octanol–water partition coefficient (Wildman–Crippen LogP) is 3.03. The molecule has 0 aliphatic rings. The minimum absolute atomic E-state index is 0.0779. The lowest BCUT2D eigenvalue weighted by Gasteiger charge is -2.07. The number of nitrogens with zero attached hydrogens (tertiary/aromatic N) is 3. The molecule has 0 atom stereocenters. The van der Waals surface area contributed by atoms with Gasteiger partial charge in [0.1, 0.15) is 5.75 Å². The Morgan fingerprint density at radius 3 is 2.50 bits per heavy atom. The first-order chi connectivity index (χ1) is 10.4. The number of halogens is 2. The van der Waals surface area contributed by atoms with E-state index in [-0.39, 0.29) is 11.8 Å². The van der Waals surface area contributed by atoms with Gasteiger partial charge in [-0.05, 0) is 31.2 Å². The van der Waals surface area contributed by atoms with Gasteiger partial charge < -0.3 is 9.64 Å². The number of hydrogen-bond donors (Lipinski definition) is 0. The summed E-state index contributed by atoms with van der Waals surface area (Å²) >= 11 is 1.37. The molecule has 0 fully saturated rings. The Hall–Kier alpha value is -2.22. The van der Waals surface area contributed by atoms with Crippen LogP contribution in [0.2, 0.25) is 0 Å². The number of aromatic nitrogens is 1. The van der Waals surface area contributed by atoms with Gasteiger partial charge in [0.25, 0.3) is 0 Å². The largest absolute Gasteiger partial charge is 0.435 e. The van der Waals surface area contributed by atoms with Crippen molar-refractivity contribution >= 4 is 17.4 Å². The molecule has 118 valence electrons. The summed E-state index contributed by atoms with van der Waals surface area (Å²) in [6.07, 6.45) is 1.83. The van der Waals surface area contributed by atoms with E-state index in [4.69, 9.17) is 0 Å². The fourth-order valence-electron chi connectivity index (χ4n) is 1.69. The molecular weight excluding hydrogens is 312 g/mol. The van der Waals surface area contributed by atoms with Crippen molar-refractivity contribution < 1.29 is 18.3 Å². The smallest absolute Gasteiger partial charge is 0.387 e. The molecular formula is C14H15F2N3O2S. The number of amides is 2. The van der Waals surface area contributed by atoms with E-state index in [0.29, 0.717) is 10.5 Å². The van der Waals surface area contributed by atoms with Gasteiger partial charge in [0.05, 0.1) is 0 Å². The molecule has 1 aromatic carbocycles. The first-order valence-corrected chi connectivity index (χ1v) is 7.19. The summed E-state index contributed by atoms with van der Waals surface area (Å²) in [5.41, 5.74) is 0.705. The average molecular weight is 327 g/mol. The molecule has 8 heteroatoms. The van der Waals surface area contributed by atoms with Crippen molar-refractivity contribution in [1.29, 1.82) is 0 Å². The summed E-state index contributed by atoms with van der Waals surface area (Å²) in [7, 11) is 3.24. The summed E-state index contributed by atoms with van der Waals surface area (Å²) in [5.74, 6) is 0.0779. The van der Waals surface area contributed by atoms with Gasteiger partial charge in [0, 0.05) is 30.9 Å². The van der Waals surface area contributed by atoms with E-state index in [0.717, 1.165) is 4.88 Å². The van der Waals surface area contributed by atoms with E-state index < -0.39 is 6.61 Å². The average Bonchev–Trinajstić information content (AvgIpc) is 2.79. The highest BCUT2D eigenvalue weighted by atomic mass is 32.1. The van der Waals surface area contributed by atoms with Crippen molar-refractivity contribution in [3.05, 3.63) is 40.1 Å². The fraction of sp³-hybridized carbons (Fsp3) is 0.286. The Morgan fingerprint density at radius 1 is 1.32 bits per heavy atom. The molecule has 2 aromatic rings. The van der Waals surface area contributed by atoms with Crippen LogP contribution in [0.5, 0.6) is 5.75 Å². The van der Waals surface area contributed by atoms with Crippen LogP contribution < -0.4 is 9.54 Å². The van der Waals surface area contributed by atoms with Gasteiger partial charge in [-0.2, -0.15) is 13.8 Å². The maximum Gasteiger partial charge on any atom is 0.387 e. The van der Waals surface area contributed by atoms with E-state index >= 15 is 0 Å². The lowest BCUT2D eigenvalue weighted by molar-refractivity contribution is -0.0498. The topological polar surface area (TPSA) is 46.8 Å². The van der Waals surface area contributed by atoms with E-state index in [1.54, 1.807) is 30.8 Å². The molecule has 22 heavy (non-hydrogen) atoms. The third kappa shape index (κ3) is 3.91. The summed E-state index contributed by atoms with van der Waals surface area (Å²) < 4.78 is 30.3. The maximum atomic E-state index is 12.1. The van der Waals surface area contributed by atoms with Crippen LogP contribution >= 0.6 is 11.3 Å². The first kappa shape index (κ1) is 16.2. The molecule has 2 rings (SSSR count). The quantitative estimate of drug-likeness (QED) is 0.870. The van der Waals surface area contributed by atoms with Gasteiger partial charge in [-0.25, -0.2) is 4.79 Å². The number of hydrogen-bond acceptors (Lipinski definition) is 3. The van der Waals surface area contributed by atoms with Crippen LogP contribution in [0.1, 0.15) is 4.88 Å². The molecule has 0 aliphatic carbocycles. The lowest BCUT2D eigenvalue weighted by atomic mass is 10.3. The number of carbonyl (C=O) groups is 1. The van der Waals surface area contributed by atoms with Crippen LogP contribution in [-0.2, 0) is 0 Å². The Balaban J connectivity index is 2.39. The fourth-order valence-corrected chi connectivity index (χ4v) is 2.51. The van der Waals surface area contributed by atoms with Crippen LogP contribution in [0.3, 0.4) is 0 Å². The van der Waals surface area contributed by atoms with Crippen molar-refractivity contribution in [2.45, 2.75) is 13.5 Å². The molecule has 0 saturated carbocycles. The Bertz CT molecular complexity index is 720. The number of carbonyl (C=O) groups excluding carboxylic acids is 1. The highest BCUT2D eigenvalue weighted by molar-refractivity contribution is 7.09. The summed E-state index contributed by atoms with van der Waals surface area (Å²) in [6.45, 7) is -0.959. The highest BCUT2D eigenvalue weighted by Crippen LogP contribution is 2.17. The van der Waals surface area contributed by atoms with Crippen LogP contribution in [0.25, 0.3) is 5.69 Å². The second kappa shape index (κ2) is 6.69. The van der Waals surface area contributed by atoms with Gasteiger partial charge in [0.2, 0.25) is 0 Å². The molecule has 0 N–H and O–H groups in total. The third-order valence-electron chi connectivity index (χ3n) is 2.68. The lowest BCUT2D eigenvalue weighted by Crippen LogP contribution is -2.22. The van der Waals surface area contributed by atoms with Crippen molar-refractivity contribution in [1.82, 2.24) is 9.47 Å². The molecule has 0 saturated heterocycles. The summed E-state index contributed by atoms with van der Waals surface area (Å²) in [5, 5.41) is 0. The van der Waals surface area contributed by atoms with E-state index in [9.17, 15) is 13.6 Å². The molecule has 0 aliphatic heterocycles. The van der Waals surface area contributed by atoms with Gasteiger partial charge in [-0.15, -0.1) is 11.3 Å². The molecule has 1 heterocycles. The van der Waals surface area contributed by atoms with E-state index in [1.807, 2.05) is 13.1 Å². The molecule has 1 aromatic heterocycles. The Kier molecular flexibility index (Phi) is 4.92. The number of alkyl halides is 2. The Morgan fingerprint density at radius 2 is 1.95 bits per heavy atom. The van der Waals surface area contributed by atoms with Gasteiger partial charge >= 0.3 is 12.6 Å². The third-order valence-corrected chi connectivity index (χ3v) is 3.58. The van der Waals surface area contributed by atoms with E-state index in [2.05, 4.69) is 9.73 Å². The summed E-state index contributed by atoms with van der Waals surface area (Å²) in [4.78, 5) is 18.6. The number of urea groups is 1. The zero-order valence-electron chi connectivity index (χ0n) is 12.3. The molecule has 0 spiro atoms. The van der Waals surface area contributed by atoms with Crippen LogP contribution in [0.4, 0.5) is 13.6 Å². The Labute approximate surface area is 130 Å². The molecule has 0 bridgehead atoms. The number of ether oxygens (including phenoxy) is 1. The standard InChI is InChI=1S/C14H15F2N3O2S/c1-9-8-19(14(22-9)17-13(20)18(2)3)10-4-6-11(7-5-10)21-12(15)16/h4-8,12H,1-3H3/b17-14-. The van der Waals surface area contributed by atoms with Crippen molar-refractivity contribution in [3.63, 3.8) is 0 Å². The highest BCUT2D eigenvalue weighted by Gasteiger charge is 2.08. The van der Waals surface area contributed by atoms with Crippen LogP contribution in [-0.4, -0.2) is 36.2 Å². The second-order valence-electron chi connectivity index (χ2n) is 4.66. The van der Waals surface area contributed by atoms with Gasteiger partial charge in [-0.1, -0.05) is 0 Å². The first-order valence-electron chi connectivity index (χ1n) is 6.37. The number of benzene rings is 1. The number of thiazole rings is 1. The van der Waals surface area contributed by atoms with Crippen LogP contribution in [0, 0.1) is 6.92 Å². The molecule has 0 unspecified atom stereocenters. The molecule has 0 radical (unpaired) electrons. The van der Waals surface area contributed by atoms with E-state index in [1.165, 1.54) is 28.4 Å². The van der Waals surface area contributed by atoms with Gasteiger partial charge in [-0.3, -0.25) is 4.57 Å². The normalized spacial score (nSPS) is 11.8. The molecule has 5 nitrogen and oxygen atoms in total. The molecule has 2 amide bonds.